The molecule has 0 N–H and O–H groups in total. The molecule has 9 aromatic rings. The maximum atomic E-state index is 9.54. The van der Waals surface area contributed by atoms with Crippen molar-refractivity contribution >= 4 is 17.1 Å². The quantitative estimate of drug-likeness (QED) is 0.156. The van der Waals surface area contributed by atoms with E-state index >= 15 is 0 Å². The highest BCUT2D eigenvalue weighted by Crippen LogP contribution is 2.57. The number of benzene rings is 9. The number of anilines is 3. The third-order valence-electron chi connectivity index (χ3n) is 12.6. The zero-order chi connectivity index (χ0) is 43.0. The summed E-state index contributed by atoms with van der Waals surface area (Å²) < 4.78 is 37.7. The van der Waals surface area contributed by atoms with Crippen molar-refractivity contribution in [2.24, 2.45) is 0 Å². The maximum Gasteiger partial charge on any atom is 0.0713 e. The molecule has 0 saturated carbocycles. The van der Waals surface area contributed by atoms with Gasteiger partial charge in [0.15, 0.2) is 0 Å². The van der Waals surface area contributed by atoms with E-state index in [1.54, 1.807) is 0 Å². The minimum atomic E-state index is -0.523. The molecule has 0 aliphatic heterocycles. The first kappa shape index (κ1) is 30.9. The second-order valence-electron chi connectivity index (χ2n) is 16.2. The Morgan fingerprint density at radius 3 is 1.47 bits per heavy atom. The third kappa shape index (κ3) is 5.46. The molecule has 0 radical (unpaired) electrons. The summed E-state index contributed by atoms with van der Waals surface area (Å²) in [6, 6.07) is 69.4. The number of hydrogen-bond donors (Lipinski definition) is 0. The molecule has 1 heteroatoms. The molecule has 0 bridgehead atoms. The number of nitrogens with zero attached hydrogens (tertiary/aromatic N) is 1. The van der Waals surface area contributed by atoms with E-state index < -0.39 is 5.41 Å². The average molecular weight is 758 g/mol. The first-order chi connectivity index (χ1) is 30.7. The monoisotopic (exact) mass is 757 g/mol. The Hall–Kier alpha value is -7.22. The fourth-order valence-electron chi connectivity index (χ4n) is 9.83. The highest BCUT2D eigenvalue weighted by molar-refractivity contribution is 5.90. The van der Waals surface area contributed by atoms with Crippen LogP contribution in [0.15, 0.2) is 224 Å². The lowest BCUT2D eigenvalue weighted by Gasteiger charge is -2.34. The highest BCUT2D eigenvalue weighted by atomic mass is 15.1. The van der Waals surface area contributed by atoms with Crippen molar-refractivity contribution in [2.45, 2.75) is 24.7 Å². The van der Waals surface area contributed by atoms with Gasteiger partial charge in [-0.05, 0) is 120 Å². The van der Waals surface area contributed by atoms with Gasteiger partial charge in [0, 0.05) is 22.5 Å². The summed E-state index contributed by atoms with van der Waals surface area (Å²) in [5.74, 6) is 0. The van der Waals surface area contributed by atoms with Crippen LogP contribution in [-0.2, 0) is 10.8 Å². The van der Waals surface area contributed by atoms with E-state index in [9.17, 15) is 5.48 Å². The Labute approximate surface area is 353 Å². The minimum absolute atomic E-state index is 0.0767. The van der Waals surface area contributed by atoms with Crippen molar-refractivity contribution in [3.05, 3.63) is 258 Å². The molecule has 2 aliphatic carbocycles. The molecule has 2 aliphatic rings. The van der Waals surface area contributed by atoms with Crippen molar-refractivity contribution < 1.29 is 5.48 Å². The van der Waals surface area contributed by atoms with Gasteiger partial charge >= 0.3 is 0 Å². The van der Waals surface area contributed by atoms with Crippen LogP contribution < -0.4 is 4.90 Å². The van der Waals surface area contributed by atoms with Crippen LogP contribution in [0.25, 0.3) is 44.5 Å². The molecule has 0 saturated heterocycles. The van der Waals surface area contributed by atoms with E-state index in [4.69, 9.17) is 0 Å². The molecule has 0 fully saturated rings. The van der Waals surface area contributed by atoms with Crippen molar-refractivity contribution in [3.63, 3.8) is 0 Å². The number of fused-ring (bicyclic) bond motifs is 6. The van der Waals surface area contributed by atoms with Crippen molar-refractivity contribution in [1.29, 1.82) is 0 Å². The van der Waals surface area contributed by atoms with Crippen LogP contribution in [0.1, 0.15) is 52.7 Å². The first-order valence-corrected chi connectivity index (χ1v) is 20.4. The van der Waals surface area contributed by atoms with E-state index in [0.717, 1.165) is 33.6 Å². The van der Waals surface area contributed by atoms with Crippen LogP contribution in [0.2, 0.25) is 0 Å². The van der Waals surface area contributed by atoms with E-state index in [1.165, 1.54) is 44.5 Å². The second kappa shape index (κ2) is 13.7. The largest absolute Gasteiger partial charge is 0.310 e. The smallest absolute Gasteiger partial charge is 0.0713 e. The predicted molar refractivity (Wildman–Crippen MR) is 247 cm³/mol. The fraction of sp³-hybridized carbons (Fsp3) is 0.0690. The molecule has 11 rings (SSSR count). The van der Waals surface area contributed by atoms with Crippen LogP contribution in [0.3, 0.4) is 0 Å². The first-order valence-electron chi connectivity index (χ1n) is 22.4. The molecule has 280 valence electrons. The molecule has 0 spiro atoms. The highest BCUT2D eigenvalue weighted by Gasteiger charge is 2.46. The normalized spacial score (nSPS) is 14.8. The predicted octanol–water partition coefficient (Wildman–Crippen LogP) is 15.2. The summed E-state index contributed by atoms with van der Waals surface area (Å²) in [5.41, 5.74) is 16.1. The van der Waals surface area contributed by atoms with Gasteiger partial charge in [0.2, 0.25) is 0 Å². The molecular formula is C58H43N. The third-order valence-corrected chi connectivity index (χ3v) is 12.6. The van der Waals surface area contributed by atoms with Crippen LogP contribution in [0.5, 0.6) is 0 Å². The Morgan fingerprint density at radius 1 is 0.339 bits per heavy atom. The van der Waals surface area contributed by atoms with Gasteiger partial charge in [-0.25, -0.2) is 0 Å². The van der Waals surface area contributed by atoms with E-state index in [-0.39, 0.29) is 40.8 Å². The van der Waals surface area contributed by atoms with E-state index in [1.807, 2.05) is 53.4 Å². The van der Waals surface area contributed by atoms with Gasteiger partial charge < -0.3 is 4.90 Å². The number of hydrogen-bond acceptors (Lipinski definition) is 1. The van der Waals surface area contributed by atoms with Gasteiger partial charge in [-0.15, -0.1) is 0 Å². The Morgan fingerprint density at radius 2 is 0.814 bits per heavy atom. The molecular weight excluding hydrogens is 711 g/mol. The lowest BCUT2D eigenvalue weighted by Crippen LogP contribution is -2.28. The van der Waals surface area contributed by atoms with Crippen molar-refractivity contribution in [3.8, 4) is 44.5 Å². The molecule has 0 atom stereocenters. The molecule has 0 unspecified atom stereocenters. The van der Waals surface area contributed by atoms with Crippen LogP contribution in [-0.4, -0.2) is 0 Å². The van der Waals surface area contributed by atoms with Gasteiger partial charge in [0.25, 0.3) is 0 Å². The van der Waals surface area contributed by atoms with Gasteiger partial charge in [-0.2, -0.15) is 0 Å². The van der Waals surface area contributed by atoms with Crippen molar-refractivity contribution in [1.82, 2.24) is 0 Å². The van der Waals surface area contributed by atoms with Gasteiger partial charge in [0.1, 0.15) is 0 Å². The summed E-state index contributed by atoms with van der Waals surface area (Å²) >= 11 is 0. The lowest BCUT2D eigenvalue weighted by atomic mass is 9.67. The van der Waals surface area contributed by atoms with Crippen molar-refractivity contribution in [2.75, 3.05) is 4.90 Å². The summed E-state index contributed by atoms with van der Waals surface area (Å²) in [7, 11) is 0. The molecule has 0 amide bonds. The van der Waals surface area contributed by atoms with E-state index in [0.29, 0.717) is 5.56 Å². The summed E-state index contributed by atoms with van der Waals surface area (Å²) in [6.07, 6.45) is 0. The van der Waals surface area contributed by atoms with Gasteiger partial charge in [-0.3, -0.25) is 0 Å². The standard InChI is InChI=1S/C58H43N/c1-57(2)53-24-14-12-22-49(53)51-37-35-48(39-55(51)57)59(46-31-26-41(27-32-46)40-16-6-3-7-17-40)47-33-28-42(29-34-47)43-30-36-52-50-23-13-15-25-54(50)58(56(52)38-43,44-18-8-4-9-19-44)45-20-10-5-11-21-45/h3-39H,1-2H3/i26D,27D,31D,32D. The Balaban J connectivity index is 1.08. The fourth-order valence-corrected chi connectivity index (χ4v) is 9.83. The summed E-state index contributed by atoms with van der Waals surface area (Å²) in [5, 5.41) is 0. The minimum Gasteiger partial charge on any atom is -0.310 e. The Bertz CT molecular complexity index is 3160. The SMILES string of the molecule is [2H]c1c([2H])c(N(c2ccc(-c3ccc4c(c3)C(c3ccccc3)(c3ccccc3)c3ccccc3-4)cc2)c2ccc3c(c2)C(C)(C)c2ccccc2-3)c([2H])c([2H])c1-c1ccccc1. The van der Waals surface area contributed by atoms with Crippen LogP contribution in [0, 0.1) is 0 Å². The van der Waals surface area contributed by atoms with Gasteiger partial charge in [0.05, 0.1) is 10.9 Å². The van der Waals surface area contributed by atoms with Crippen LogP contribution in [0.4, 0.5) is 17.1 Å². The average Bonchev–Trinajstić information content (AvgIpc) is 3.76. The summed E-state index contributed by atoms with van der Waals surface area (Å²) in [6.45, 7) is 4.48. The molecule has 0 heterocycles. The maximum absolute atomic E-state index is 9.54. The molecule has 0 aromatic heterocycles. The van der Waals surface area contributed by atoms with Gasteiger partial charge in [-0.1, -0.05) is 196 Å². The topological polar surface area (TPSA) is 3.24 Å². The zero-order valence-electron chi connectivity index (χ0n) is 37.0. The summed E-state index contributed by atoms with van der Waals surface area (Å²) in [4.78, 5) is 1.91. The lowest BCUT2D eigenvalue weighted by molar-refractivity contribution is 0.660. The van der Waals surface area contributed by atoms with Crippen LogP contribution >= 0.6 is 0 Å². The second-order valence-corrected chi connectivity index (χ2v) is 16.2. The van der Waals surface area contributed by atoms with E-state index in [2.05, 4.69) is 166 Å². The molecule has 1 nitrogen and oxygen atoms in total. The zero-order valence-corrected chi connectivity index (χ0v) is 33.0. The number of rotatable bonds is 7. The molecule has 9 aromatic carbocycles. The Kier molecular flexibility index (Phi) is 7.17. The molecule has 59 heavy (non-hydrogen) atoms.